The number of fused-ring (bicyclic) bond motifs is 3. The quantitative estimate of drug-likeness (QED) is 0.871. The minimum atomic E-state index is 0.00817. The molecule has 2 heterocycles. The second kappa shape index (κ2) is 5.74. The van der Waals surface area contributed by atoms with Gasteiger partial charge in [-0.2, -0.15) is 5.10 Å². The monoisotopic (exact) mass is 324 g/mol. The fraction of sp³-hybridized carbons (Fsp3) is 0.222. The molecular formula is C18H16N2O2S. The summed E-state index contributed by atoms with van der Waals surface area (Å²) in [5, 5.41) is 15.6. The zero-order valence-electron chi connectivity index (χ0n) is 12.5. The zero-order chi connectivity index (χ0) is 15.8. The van der Waals surface area contributed by atoms with Gasteiger partial charge in [-0.3, -0.25) is 4.79 Å². The van der Waals surface area contributed by atoms with Gasteiger partial charge in [0.05, 0.1) is 11.4 Å². The summed E-state index contributed by atoms with van der Waals surface area (Å²) in [5.41, 5.74) is 2.82. The number of carbonyl (C=O) groups excluding carboxylic acids is 1. The van der Waals surface area contributed by atoms with Crippen LogP contribution in [0.15, 0.2) is 58.5 Å². The molecule has 1 amide bonds. The number of carbonyl (C=O) groups is 1. The molecule has 0 saturated carbocycles. The van der Waals surface area contributed by atoms with Crippen molar-refractivity contribution in [3.8, 4) is 5.75 Å². The minimum absolute atomic E-state index is 0.00817. The summed E-state index contributed by atoms with van der Waals surface area (Å²) in [6, 6.07) is 14.8. The number of phenolic OH excluding ortho intramolecular Hbond substituents is 1. The summed E-state index contributed by atoms with van der Waals surface area (Å²) in [5.74, 6) is 1.38. The van der Waals surface area contributed by atoms with Gasteiger partial charge in [0.1, 0.15) is 5.75 Å². The number of amides is 1. The minimum Gasteiger partial charge on any atom is -0.508 e. The van der Waals surface area contributed by atoms with Crippen LogP contribution in [-0.2, 0) is 4.79 Å². The number of hydrogen-bond acceptors (Lipinski definition) is 4. The van der Waals surface area contributed by atoms with E-state index in [1.807, 2.05) is 23.9 Å². The molecule has 0 saturated heterocycles. The molecule has 0 aliphatic carbocycles. The van der Waals surface area contributed by atoms with Gasteiger partial charge in [-0.05, 0) is 42.5 Å². The summed E-state index contributed by atoms with van der Waals surface area (Å²) >= 11 is 1.83. The molecule has 2 aromatic rings. The Balaban J connectivity index is 1.81. The number of phenols is 1. The third kappa shape index (κ3) is 2.61. The lowest BCUT2D eigenvalue weighted by Gasteiger charge is -2.28. The van der Waals surface area contributed by atoms with Crippen LogP contribution in [0, 0.1) is 5.92 Å². The molecule has 2 aromatic carbocycles. The van der Waals surface area contributed by atoms with Gasteiger partial charge in [0.25, 0.3) is 0 Å². The van der Waals surface area contributed by atoms with Crippen LogP contribution in [-0.4, -0.2) is 22.5 Å². The summed E-state index contributed by atoms with van der Waals surface area (Å²) < 4.78 is 0. The van der Waals surface area contributed by atoms with Crippen molar-refractivity contribution in [2.75, 3.05) is 10.8 Å². The summed E-state index contributed by atoms with van der Waals surface area (Å²) in [6.07, 6.45) is 1.45. The van der Waals surface area contributed by atoms with Crippen molar-refractivity contribution < 1.29 is 9.90 Å². The number of aromatic hydroxyl groups is 1. The van der Waals surface area contributed by atoms with Gasteiger partial charge in [-0.15, -0.1) is 11.8 Å². The van der Waals surface area contributed by atoms with Crippen LogP contribution >= 0.6 is 11.8 Å². The average Bonchev–Trinajstić information content (AvgIpc) is 2.74. The number of anilines is 1. The summed E-state index contributed by atoms with van der Waals surface area (Å²) in [7, 11) is 0. The molecule has 0 radical (unpaired) electrons. The van der Waals surface area contributed by atoms with E-state index in [0.29, 0.717) is 12.1 Å². The summed E-state index contributed by atoms with van der Waals surface area (Å²) in [4.78, 5) is 13.7. The third-order valence-corrected chi connectivity index (χ3v) is 5.34. The van der Waals surface area contributed by atoms with Gasteiger partial charge < -0.3 is 5.11 Å². The van der Waals surface area contributed by atoms with Gasteiger partial charge in [-0.25, -0.2) is 5.01 Å². The normalized spacial score (nSPS) is 20.3. The maximum atomic E-state index is 12.5. The number of nitrogens with zero attached hydrogens (tertiary/aromatic N) is 2. The Bertz CT molecular complexity index is 786. The van der Waals surface area contributed by atoms with Crippen molar-refractivity contribution >= 4 is 29.1 Å². The number of hydrogen-bond donors (Lipinski definition) is 1. The Morgan fingerprint density at radius 1 is 1.13 bits per heavy atom. The molecule has 23 heavy (non-hydrogen) atoms. The van der Waals surface area contributed by atoms with Gasteiger partial charge >= 0.3 is 0 Å². The van der Waals surface area contributed by atoms with Crippen molar-refractivity contribution in [3.63, 3.8) is 0 Å². The molecule has 1 N–H and O–H groups in total. The van der Waals surface area contributed by atoms with E-state index in [-0.39, 0.29) is 17.6 Å². The van der Waals surface area contributed by atoms with Crippen LogP contribution in [0.1, 0.15) is 18.4 Å². The molecule has 116 valence electrons. The number of rotatable bonds is 1. The van der Waals surface area contributed by atoms with Crippen molar-refractivity contribution in [2.45, 2.75) is 17.7 Å². The molecule has 2 aliphatic rings. The number of thioether (sulfide) groups is 1. The number of benzene rings is 2. The topological polar surface area (TPSA) is 52.9 Å². The molecular weight excluding hydrogens is 308 g/mol. The maximum Gasteiger partial charge on any atom is 0.248 e. The Kier molecular flexibility index (Phi) is 3.58. The van der Waals surface area contributed by atoms with Crippen LogP contribution < -0.4 is 5.01 Å². The predicted molar refractivity (Wildman–Crippen MR) is 92.0 cm³/mol. The highest BCUT2D eigenvalue weighted by Gasteiger charge is 2.33. The molecule has 1 unspecified atom stereocenters. The van der Waals surface area contributed by atoms with Crippen molar-refractivity contribution in [2.24, 2.45) is 11.0 Å². The first-order valence-electron chi connectivity index (χ1n) is 7.65. The van der Waals surface area contributed by atoms with E-state index >= 15 is 0 Å². The summed E-state index contributed by atoms with van der Waals surface area (Å²) in [6.45, 7) is 0. The van der Waals surface area contributed by atoms with Gasteiger partial charge in [0.2, 0.25) is 5.91 Å². The Morgan fingerprint density at radius 3 is 2.74 bits per heavy atom. The first kappa shape index (κ1) is 14.3. The van der Waals surface area contributed by atoms with E-state index in [9.17, 15) is 9.90 Å². The van der Waals surface area contributed by atoms with E-state index in [1.165, 1.54) is 9.90 Å². The number of hydrazone groups is 1. The lowest BCUT2D eigenvalue weighted by molar-refractivity contribution is -0.119. The highest BCUT2D eigenvalue weighted by Crippen LogP contribution is 2.36. The molecule has 5 heteroatoms. The molecule has 1 atom stereocenters. The van der Waals surface area contributed by atoms with Crippen LogP contribution in [0.3, 0.4) is 0 Å². The fourth-order valence-electron chi connectivity index (χ4n) is 3.06. The average molecular weight is 324 g/mol. The van der Waals surface area contributed by atoms with Gasteiger partial charge in [-0.1, -0.05) is 18.2 Å². The zero-order valence-corrected chi connectivity index (χ0v) is 13.3. The van der Waals surface area contributed by atoms with Crippen LogP contribution in [0.5, 0.6) is 5.75 Å². The molecule has 4 nitrogen and oxygen atoms in total. The first-order chi connectivity index (χ1) is 11.2. The van der Waals surface area contributed by atoms with Crippen molar-refractivity contribution in [1.29, 1.82) is 0 Å². The SMILES string of the molecule is O=C1CC2CCSc3ccccc3C2=NN1c1ccc(O)cc1. The molecule has 0 spiro atoms. The predicted octanol–water partition coefficient (Wildman–Crippen LogP) is 3.65. The van der Waals surface area contributed by atoms with Crippen molar-refractivity contribution in [1.82, 2.24) is 0 Å². The second-order valence-corrected chi connectivity index (χ2v) is 6.88. The smallest absolute Gasteiger partial charge is 0.248 e. The molecule has 0 bridgehead atoms. The van der Waals surface area contributed by atoms with Crippen LogP contribution in [0.2, 0.25) is 0 Å². The molecule has 0 fully saturated rings. The standard InChI is InChI=1S/C18H16N2O2S/c21-14-7-5-13(6-8-14)20-17(22)11-12-9-10-23-16-4-2-1-3-15(16)18(12)19-20/h1-8,12,21H,9-11H2. The Labute approximate surface area is 138 Å². The molecule has 4 rings (SSSR count). The fourth-order valence-corrected chi connectivity index (χ4v) is 4.19. The third-order valence-electron chi connectivity index (χ3n) is 4.23. The molecule has 0 aromatic heterocycles. The second-order valence-electron chi connectivity index (χ2n) is 5.74. The van der Waals surface area contributed by atoms with Gasteiger partial charge in [0, 0.05) is 22.8 Å². The maximum absolute atomic E-state index is 12.5. The molecule has 2 aliphatic heterocycles. The van der Waals surface area contributed by atoms with Crippen LogP contribution in [0.25, 0.3) is 0 Å². The van der Waals surface area contributed by atoms with Crippen LogP contribution in [0.4, 0.5) is 5.69 Å². The van der Waals surface area contributed by atoms with Crippen molar-refractivity contribution in [3.05, 3.63) is 54.1 Å². The van der Waals surface area contributed by atoms with E-state index in [4.69, 9.17) is 5.10 Å². The largest absolute Gasteiger partial charge is 0.508 e. The van der Waals surface area contributed by atoms with E-state index in [1.54, 1.807) is 24.3 Å². The first-order valence-corrected chi connectivity index (χ1v) is 8.63. The Hall–Kier alpha value is -2.27. The lowest BCUT2D eigenvalue weighted by atomic mass is 9.90. The van der Waals surface area contributed by atoms with E-state index < -0.39 is 0 Å². The highest BCUT2D eigenvalue weighted by atomic mass is 32.2. The van der Waals surface area contributed by atoms with Gasteiger partial charge in [0.15, 0.2) is 0 Å². The highest BCUT2D eigenvalue weighted by molar-refractivity contribution is 7.99. The Morgan fingerprint density at radius 2 is 1.91 bits per heavy atom. The van der Waals surface area contributed by atoms with E-state index in [2.05, 4.69) is 12.1 Å². The van der Waals surface area contributed by atoms with E-state index in [0.717, 1.165) is 23.4 Å². The lowest BCUT2D eigenvalue weighted by Crippen LogP contribution is -2.37.